The molecular formula is C14H18N2O4S. The molecule has 1 aliphatic rings. The first-order valence-corrected chi connectivity index (χ1v) is 7.96. The molecule has 1 aromatic rings. The minimum absolute atomic E-state index is 0.0420. The molecular weight excluding hydrogens is 292 g/mol. The lowest BCUT2D eigenvalue weighted by Gasteiger charge is -2.18. The summed E-state index contributed by atoms with van der Waals surface area (Å²) in [5, 5.41) is 20.6. The van der Waals surface area contributed by atoms with E-state index in [-0.39, 0.29) is 17.5 Å². The maximum absolute atomic E-state index is 12.4. The van der Waals surface area contributed by atoms with Gasteiger partial charge in [0.25, 0.3) is 11.6 Å². The first kappa shape index (κ1) is 15.8. The third-order valence-electron chi connectivity index (χ3n) is 3.82. The lowest BCUT2D eigenvalue weighted by molar-refractivity contribution is -0.387. The molecule has 1 amide bonds. The van der Waals surface area contributed by atoms with Gasteiger partial charge in [-0.2, -0.15) is 0 Å². The van der Waals surface area contributed by atoms with Crippen molar-refractivity contribution in [2.75, 3.05) is 19.3 Å². The van der Waals surface area contributed by atoms with E-state index in [4.69, 9.17) is 0 Å². The van der Waals surface area contributed by atoms with Crippen molar-refractivity contribution in [2.24, 2.45) is 5.92 Å². The molecule has 0 bridgehead atoms. The fraction of sp³-hybridized carbons (Fsp3) is 0.500. The molecule has 7 heteroatoms. The first-order chi connectivity index (χ1) is 9.93. The summed E-state index contributed by atoms with van der Waals surface area (Å²) in [5.41, 5.74) is 0.283. The fourth-order valence-corrected chi connectivity index (χ4v) is 3.06. The van der Waals surface area contributed by atoms with Crippen LogP contribution in [0.5, 0.6) is 0 Å². The zero-order valence-corrected chi connectivity index (χ0v) is 12.8. The van der Waals surface area contributed by atoms with Gasteiger partial charge in [0.05, 0.1) is 15.9 Å². The van der Waals surface area contributed by atoms with Crippen molar-refractivity contribution in [3.8, 4) is 0 Å². The Hall–Kier alpha value is -1.60. The van der Waals surface area contributed by atoms with E-state index in [1.54, 1.807) is 30.2 Å². The normalized spacial score (nSPS) is 19.6. The Morgan fingerprint density at radius 2 is 2.29 bits per heavy atom. The molecule has 0 radical (unpaired) electrons. The Labute approximate surface area is 127 Å². The molecule has 6 nitrogen and oxygen atoms in total. The van der Waals surface area contributed by atoms with Gasteiger partial charge in [-0.25, -0.2) is 0 Å². The van der Waals surface area contributed by atoms with Gasteiger partial charge >= 0.3 is 0 Å². The van der Waals surface area contributed by atoms with E-state index in [1.807, 2.05) is 0 Å². The average Bonchev–Trinajstić information content (AvgIpc) is 2.95. The quantitative estimate of drug-likeness (QED) is 0.523. The monoisotopic (exact) mass is 310 g/mol. The van der Waals surface area contributed by atoms with E-state index in [0.29, 0.717) is 23.5 Å². The van der Waals surface area contributed by atoms with Crippen LogP contribution in [0, 0.1) is 16.0 Å². The summed E-state index contributed by atoms with van der Waals surface area (Å²) >= 11 is 1.28. The van der Waals surface area contributed by atoms with Crippen molar-refractivity contribution in [1.29, 1.82) is 0 Å². The predicted octanol–water partition coefficient (Wildman–Crippen LogP) is 2.16. The standard InChI is InChI=1S/C14H18N2O4S/c1-9(17)11-5-6-15(8-11)14(18)10-3-4-13(21-2)12(7-10)16(19)20/h3-4,7,9,11,17H,5-6,8H2,1-2H3. The van der Waals surface area contributed by atoms with E-state index in [2.05, 4.69) is 0 Å². The smallest absolute Gasteiger partial charge is 0.283 e. The number of nitro groups is 1. The van der Waals surface area contributed by atoms with Crippen molar-refractivity contribution in [1.82, 2.24) is 4.90 Å². The van der Waals surface area contributed by atoms with Gasteiger partial charge in [0.15, 0.2) is 0 Å². The van der Waals surface area contributed by atoms with E-state index < -0.39 is 11.0 Å². The van der Waals surface area contributed by atoms with Crippen LogP contribution in [0.25, 0.3) is 0 Å². The Bertz CT molecular complexity index is 562. The number of carbonyl (C=O) groups excluding carboxylic acids is 1. The lowest BCUT2D eigenvalue weighted by atomic mass is 10.0. The van der Waals surface area contributed by atoms with Crippen LogP contribution in [0.4, 0.5) is 5.69 Å². The maximum atomic E-state index is 12.4. The second kappa shape index (κ2) is 6.44. The molecule has 114 valence electrons. The van der Waals surface area contributed by atoms with Crippen molar-refractivity contribution < 1.29 is 14.8 Å². The van der Waals surface area contributed by atoms with Crippen molar-refractivity contribution >= 4 is 23.4 Å². The average molecular weight is 310 g/mol. The Morgan fingerprint density at radius 1 is 1.57 bits per heavy atom. The van der Waals surface area contributed by atoms with Gasteiger partial charge in [-0.1, -0.05) is 0 Å². The van der Waals surface area contributed by atoms with Gasteiger partial charge < -0.3 is 10.0 Å². The largest absolute Gasteiger partial charge is 0.393 e. The van der Waals surface area contributed by atoms with Crippen LogP contribution in [0.3, 0.4) is 0 Å². The Kier molecular flexibility index (Phi) is 4.84. The minimum atomic E-state index is -0.467. The fourth-order valence-electron chi connectivity index (χ4n) is 2.51. The Balaban J connectivity index is 2.20. The van der Waals surface area contributed by atoms with Crippen LogP contribution in [-0.4, -0.2) is 46.3 Å². The first-order valence-electron chi connectivity index (χ1n) is 6.73. The molecule has 0 saturated carbocycles. The van der Waals surface area contributed by atoms with Crippen LogP contribution in [-0.2, 0) is 0 Å². The Morgan fingerprint density at radius 3 is 2.81 bits per heavy atom. The van der Waals surface area contributed by atoms with Crippen LogP contribution < -0.4 is 0 Å². The van der Waals surface area contributed by atoms with Crippen molar-refractivity contribution in [3.63, 3.8) is 0 Å². The summed E-state index contributed by atoms with van der Waals surface area (Å²) in [5.74, 6) is -0.136. The number of likely N-dealkylation sites (tertiary alicyclic amines) is 1. The molecule has 21 heavy (non-hydrogen) atoms. The highest BCUT2D eigenvalue weighted by Crippen LogP contribution is 2.29. The van der Waals surface area contributed by atoms with Gasteiger partial charge in [-0.15, -0.1) is 11.8 Å². The molecule has 2 atom stereocenters. The van der Waals surface area contributed by atoms with E-state index in [1.165, 1.54) is 17.8 Å². The number of aliphatic hydroxyl groups is 1. The summed E-state index contributed by atoms with van der Waals surface area (Å²) in [4.78, 5) is 25.2. The third kappa shape index (κ3) is 3.36. The number of benzene rings is 1. The van der Waals surface area contributed by atoms with Gasteiger partial charge in [0.1, 0.15) is 0 Å². The number of aliphatic hydroxyl groups excluding tert-OH is 1. The number of thioether (sulfide) groups is 1. The number of amides is 1. The summed E-state index contributed by atoms with van der Waals surface area (Å²) in [6.07, 6.45) is 2.07. The van der Waals surface area contributed by atoms with Crippen molar-refractivity contribution in [3.05, 3.63) is 33.9 Å². The zero-order chi connectivity index (χ0) is 15.6. The molecule has 1 heterocycles. The number of hydrogen-bond donors (Lipinski definition) is 1. The van der Waals surface area contributed by atoms with E-state index in [9.17, 15) is 20.0 Å². The third-order valence-corrected chi connectivity index (χ3v) is 4.60. The van der Waals surface area contributed by atoms with Gasteiger partial charge in [0.2, 0.25) is 0 Å². The summed E-state index contributed by atoms with van der Waals surface area (Å²) in [6, 6.07) is 4.57. The summed E-state index contributed by atoms with van der Waals surface area (Å²) in [6.45, 7) is 2.79. The van der Waals surface area contributed by atoms with E-state index in [0.717, 1.165) is 6.42 Å². The topological polar surface area (TPSA) is 83.7 Å². The molecule has 2 unspecified atom stereocenters. The van der Waals surface area contributed by atoms with Gasteiger partial charge in [0, 0.05) is 30.6 Å². The highest BCUT2D eigenvalue weighted by atomic mass is 32.2. The number of hydrogen-bond acceptors (Lipinski definition) is 5. The molecule has 1 aromatic carbocycles. The SMILES string of the molecule is CSc1ccc(C(=O)N2CCC(C(C)O)C2)cc1[N+](=O)[O-]. The summed E-state index contributed by atoms with van der Waals surface area (Å²) in [7, 11) is 0. The highest BCUT2D eigenvalue weighted by Gasteiger charge is 2.30. The number of carbonyl (C=O) groups is 1. The zero-order valence-electron chi connectivity index (χ0n) is 12.0. The molecule has 1 aliphatic heterocycles. The minimum Gasteiger partial charge on any atom is -0.393 e. The molecule has 0 aromatic heterocycles. The molecule has 1 fully saturated rings. The van der Waals surface area contributed by atoms with Crippen LogP contribution in [0.1, 0.15) is 23.7 Å². The molecule has 1 N–H and O–H groups in total. The molecule has 1 saturated heterocycles. The molecule has 0 aliphatic carbocycles. The second-order valence-electron chi connectivity index (χ2n) is 5.18. The van der Waals surface area contributed by atoms with Crippen LogP contribution in [0.2, 0.25) is 0 Å². The molecule has 2 rings (SSSR count). The molecule has 0 spiro atoms. The number of rotatable bonds is 4. The van der Waals surface area contributed by atoms with Gasteiger partial charge in [-0.05, 0) is 31.7 Å². The van der Waals surface area contributed by atoms with Crippen molar-refractivity contribution in [2.45, 2.75) is 24.3 Å². The van der Waals surface area contributed by atoms with E-state index >= 15 is 0 Å². The van der Waals surface area contributed by atoms with Crippen LogP contribution >= 0.6 is 11.8 Å². The second-order valence-corrected chi connectivity index (χ2v) is 6.03. The maximum Gasteiger partial charge on any atom is 0.283 e. The summed E-state index contributed by atoms with van der Waals surface area (Å²) < 4.78 is 0. The predicted molar refractivity (Wildman–Crippen MR) is 80.6 cm³/mol. The number of nitro benzene ring substituents is 1. The van der Waals surface area contributed by atoms with Crippen LogP contribution in [0.15, 0.2) is 23.1 Å². The lowest BCUT2D eigenvalue weighted by Crippen LogP contribution is -2.30. The highest BCUT2D eigenvalue weighted by molar-refractivity contribution is 7.98. The van der Waals surface area contributed by atoms with Gasteiger partial charge in [-0.3, -0.25) is 14.9 Å². The number of nitrogens with zero attached hydrogens (tertiary/aromatic N) is 2.